The van der Waals surface area contributed by atoms with Crippen LogP contribution in [0.25, 0.3) is 0 Å². The Morgan fingerprint density at radius 2 is 2.09 bits per heavy atom. The number of hydrogen-bond donors (Lipinski definition) is 2. The van der Waals surface area contributed by atoms with E-state index in [0.717, 1.165) is 0 Å². The summed E-state index contributed by atoms with van der Waals surface area (Å²) in [5.74, 6) is -0.104. The zero-order valence-electron chi connectivity index (χ0n) is 6.19. The molecule has 0 unspecified atom stereocenters. The summed E-state index contributed by atoms with van der Waals surface area (Å²) in [5, 5.41) is 18.1. The summed E-state index contributed by atoms with van der Waals surface area (Å²) >= 11 is 0. The maximum Gasteiger partial charge on any atom is 0.159 e. The molecule has 0 heterocycles. The third-order valence-electron chi connectivity index (χ3n) is 1.58. The summed E-state index contributed by atoms with van der Waals surface area (Å²) in [7, 11) is 0. The molecule has 0 amide bonds. The second-order valence-corrected chi connectivity index (χ2v) is 2.52. The number of hydrogen-bond acceptors (Lipinski definition) is 3. The van der Waals surface area contributed by atoms with E-state index in [1.165, 1.54) is 25.2 Å². The van der Waals surface area contributed by atoms with E-state index < -0.39 is 12.2 Å². The first-order valence-electron chi connectivity index (χ1n) is 3.38. The van der Waals surface area contributed by atoms with Crippen LogP contribution in [0.4, 0.5) is 0 Å². The van der Waals surface area contributed by atoms with Gasteiger partial charge < -0.3 is 10.2 Å². The van der Waals surface area contributed by atoms with Crippen molar-refractivity contribution in [2.45, 2.75) is 19.1 Å². The molecule has 0 aromatic carbocycles. The molecule has 0 radical (unpaired) electrons. The zero-order valence-corrected chi connectivity index (χ0v) is 6.19. The Morgan fingerprint density at radius 1 is 1.45 bits per heavy atom. The first kappa shape index (κ1) is 8.17. The van der Waals surface area contributed by atoms with Gasteiger partial charge in [-0.3, -0.25) is 4.79 Å². The summed E-state index contributed by atoms with van der Waals surface area (Å²) in [5.41, 5.74) is 0.447. The van der Waals surface area contributed by atoms with Gasteiger partial charge in [-0.05, 0) is 13.0 Å². The molecule has 2 atom stereocenters. The topological polar surface area (TPSA) is 57.5 Å². The number of Topliss-reactive ketones (excluding diaryl/α,β-unsaturated/α-hetero) is 1. The van der Waals surface area contributed by atoms with E-state index in [1.54, 1.807) is 0 Å². The van der Waals surface area contributed by atoms with E-state index in [1.807, 2.05) is 0 Å². The lowest BCUT2D eigenvalue weighted by Crippen LogP contribution is -2.25. The molecule has 1 aliphatic carbocycles. The van der Waals surface area contributed by atoms with Crippen molar-refractivity contribution in [3.8, 4) is 0 Å². The van der Waals surface area contributed by atoms with Gasteiger partial charge in [-0.25, -0.2) is 0 Å². The van der Waals surface area contributed by atoms with E-state index in [0.29, 0.717) is 5.57 Å². The van der Waals surface area contributed by atoms with Crippen molar-refractivity contribution >= 4 is 5.78 Å². The minimum absolute atomic E-state index is 0.104. The Labute approximate surface area is 64.7 Å². The molecule has 0 aromatic rings. The second kappa shape index (κ2) is 2.98. The van der Waals surface area contributed by atoms with Crippen molar-refractivity contribution < 1.29 is 15.0 Å². The fourth-order valence-electron chi connectivity index (χ4n) is 0.889. The molecule has 60 valence electrons. The standard InChI is InChI=1S/C8H10O3/c1-5(9)6-2-3-7(10)8(11)4-6/h2-4,7-8,10-11H,1H3/t7-,8+/m0/s1. The lowest BCUT2D eigenvalue weighted by molar-refractivity contribution is -0.113. The minimum Gasteiger partial charge on any atom is -0.386 e. The number of carbonyl (C=O) groups is 1. The summed E-state index contributed by atoms with van der Waals surface area (Å²) in [6.45, 7) is 1.42. The highest BCUT2D eigenvalue weighted by molar-refractivity contribution is 5.96. The molecule has 3 heteroatoms. The molecular weight excluding hydrogens is 144 g/mol. The molecule has 0 saturated carbocycles. The predicted octanol–water partition coefficient (Wildman–Crippen LogP) is -0.207. The lowest BCUT2D eigenvalue weighted by Gasteiger charge is -2.15. The smallest absolute Gasteiger partial charge is 0.159 e. The van der Waals surface area contributed by atoms with Crippen LogP contribution in [0.15, 0.2) is 23.8 Å². The highest BCUT2D eigenvalue weighted by Crippen LogP contribution is 2.11. The van der Waals surface area contributed by atoms with Crippen molar-refractivity contribution in [3.63, 3.8) is 0 Å². The first-order chi connectivity index (χ1) is 5.11. The summed E-state index contributed by atoms with van der Waals surface area (Å²) < 4.78 is 0. The highest BCUT2D eigenvalue weighted by Gasteiger charge is 2.16. The summed E-state index contributed by atoms with van der Waals surface area (Å²) in [6, 6.07) is 0. The Hall–Kier alpha value is -0.930. The van der Waals surface area contributed by atoms with Crippen molar-refractivity contribution in [2.24, 2.45) is 0 Å². The Morgan fingerprint density at radius 3 is 2.55 bits per heavy atom. The van der Waals surface area contributed by atoms with Crippen LogP contribution < -0.4 is 0 Å². The third-order valence-corrected chi connectivity index (χ3v) is 1.58. The average molecular weight is 154 g/mol. The molecule has 1 rings (SSSR count). The zero-order chi connectivity index (χ0) is 8.43. The van der Waals surface area contributed by atoms with E-state index in [4.69, 9.17) is 10.2 Å². The van der Waals surface area contributed by atoms with E-state index in [2.05, 4.69) is 0 Å². The molecule has 11 heavy (non-hydrogen) atoms. The van der Waals surface area contributed by atoms with Crippen LogP contribution in [0, 0.1) is 0 Å². The number of carbonyl (C=O) groups excluding carboxylic acids is 1. The maximum atomic E-state index is 10.7. The largest absolute Gasteiger partial charge is 0.386 e. The molecular formula is C8H10O3. The molecule has 2 N–H and O–H groups in total. The van der Waals surface area contributed by atoms with Gasteiger partial charge in [-0.1, -0.05) is 12.2 Å². The van der Waals surface area contributed by atoms with E-state index >= 15 is 0 Å². The monoisotopic (exact) mass is 154 g/mol. The molecule has 0 bridgehead atoms. The van der Waals surface area contributed by atoms with Crippen LogP contribution in [-0.2, 0) is 4.79 Å². The normalized spacial score (nSPS) is 29.9. The highest BCUT2D eigenvalue weighted by atomic mass is 16.3. The van der Waals surface area contributed by atoms with Crippen molar-refractivity contribution in [1.82, 2.24) is 0 Å². The summed E-state index contributed by atoms with van der Waals surface area (Å²) in [4.78, 5) is 10.7. The van der Waals surface area contributed by atoms with Gasteiger partial charge in [0.1, 0.15) is 12.2 Å². The number of rotatable bonds is 1. The average Bonchev–Trinajstić information content (AvgIpc) is 1.94. The quantitative estimate of drug-likeness (QED) is 0.549. The Kier molecular flexibility index (Phi) is 2.22. The SMILES string of the molecule is CC(=O)C1=C[C@@H](O)[C@@H](O)C=C1. The van der Waals surface area contributed by atoms with Gasteiger partial charge in [0.15, 0.2) is 5.78 Å². The number of ketones is 1. The molecule has 1 aliphatic rings. The van der Waals surface area contributed by atoms with Crippen LogP contribution in [0.2, 0.25) is 0 Å². The van der Waals surface area contributed by atoms with Crippen LogP contribution in [-0.4, -0.2) is 28.2 Å². The van der Waals surface area contributed by atoms with Gasteiger partial charge in [0.2, 0.25) is 0 Å². The van der Waals surface area contributed by atoms with Crippen molar-refractivity contribution in [1.29, 1.82) is 0 Å². The fourth-order valence-corrected chi connectivity index (χ4v) is 0.889. The van der Waals surface area contributed by atoms with E-state index in [-0.39, 0.29) is 5.78 Å². The van der Waals surface area contributed by atoms with Gasteiger partial charge >= 0.3 is 0 Å². The Bertz CT molecular complexity index is 227. The van der Waals surface area contributed by atoms with Gasteiger partial charge in [0.05, 0.1) is 0 Å². The van der Waals surface area contributed by atoms with Gasteiger partial charge in [-0.15, -0.1) is 0 Å². The van der Waals surface area contributed by atoms with Crippen LogP contribution >= 0.6 is 0 Å². The third kappa shape index (κ3) is 1.76. The molecule has 0 saturated heterocycles. The maximum absolute atomic E-state index is 10.7. The van der Waals surface area contributed by atoms with Gasteiger partial charge in [-0.2, -0.15) is 0 Å². The van der Waals surface area contributed by atoms with Crippen LogP contribution in [0.1, 0.15) is 6.92 Å². The van der Waals surface area contributed by atoms with Crippen molar-refractivity contribution in [2.75, 3.05) is 0 Å². The number of allylic oxidation sites excluding steroid dienone is 2. The minimum atomic E-state index is -0.945. The lowest BCUT2D eigenvalue weighted by atomic mass is 10.0. The molecule has 3 nitrogen and oxygen atoms in total. The molecule has 0 aromatic heterocycles. The number of aliphatic hydroxyl groups excluding tert-OH is 2. The van der Waals surface area contributed by atoms with Crippen LogP contribution in [0.5, 0.6) is 0 Å². The van der Waals surface area contributed by atoms with E-state index in [9.17, 15) is 4.79 Å². The molecule has 0 aliphatic heterocycles. The van der Waals surface area contributed by atoms with Gasteiger partial charge in [0.25, 0.3) is 0 Å². The predicted molar refractivity (Wildman–Crippen MR) is 39.9 cm³/mol. The number of aliphatic hydroxyl groups is 2. The Balaban J connectivity index is 2.80. The summed E-state index contributed by atoms with van der Waals surface area (Å²) in [6.07, 6.45) is 2.45. The molecule has 0 spiro atoms. The van der Waals surface area contributed by atoms with Crippen molar-refractivity contribution in [3.05, 3.63) is 23.8 Å². The van der Waals surface area contributed by atoms with Gasteiger partial charge in [0, 0.05) is 5.57 Å². The van der Waals surface area contributed by atoms with Crippen LogP contribution in [0.3, 0.4) is 0 Å². The fraction of sp³-hybridized carbons (Fsp3) is 0.375. The second-order valence-electron chi connectivity index (χ2n) is 2.52. The first-order valence-corrected chi connectivity index (χ1v) is 3.38. The molecule has 0 fully saturated rings.